The number of hydrogen-bond donors (Lipinski definition) is 4. The Bertz CT molecular complexity index is 933. The lowest BCUT2D eigenvalue weighted by molar-refractivity contribution is -0.0475. The van der Waals surface area contributed by atoms with Crippen molar-refractivity contribution in [1.82, 2.24) is 19.5 Å². The second-order valence-electron chi connectivity index (χ2n) is 7.73. The zero-order chi connectivity index (χ0) is 19.4. The lowest BCUT2D eigenvalue weighted by atomic mass is 10.0. The summed E-state index contributed by atoms with van der Waals surface area (Å²) in [5.41, 5.74) is 5.84. The number of imidazole rings is 1. The van der Waals surface area contributed by atoms with Gasteiger partial charge in [-0.15, -0.1) is 13.2 Å². The third kappa shape index (κ3) is 3.32. The molecule has 3 rings (SSSR count). The molecular formula is C16H26N5O4P. The summed E-state index contributed by atoms with van der Waals surface area (Å²) >= 11 is 0. The van der Waals surface area contributed by atoms with Crippen molar-refractivity contribution in [3.63, 3.8) is 0 Å². The minimum absolute atomic E-state index is 0.000378. The van der Waals surface area contributed by atoms with Gasteiger partial charge in [0.25, 0.3) is 5.56 Å². The van der Waals surface area contributed by atoms with Crippen molar-refractivity contribution in [1.29, 1.82) is 0 Å². The molecule has 26 heavy (non-hydrogen) atoms. The number of aromatic amines is 1. The van der Waals surface area contributed by atoms with Crippen molar-refractivity contribution in [2.24, 2.45) is 5.92 Å². The quantitative estimate of drug-likeness (QED) is 0.544. The van der Waals surface area contributed by atoms with Gasteiger partial charge in [0.1, 0.15) is 18.0 Å². The van der Waals surface area contributed by atoms with Gasteiger partial charge in [-0.05, 0) is 32.3 Å². The first-order valence-electron chi connectivity index (χ1n) is 8.43. The fourth-order valence-electron chi connectivity index (χ4n) is 3.61. The van der Waals surface area contributed by atoms with Crippen LogP contribution in [-0.2, 0) is 4.74 Å². The predicted octanol–water partition coefficient (Wildman–Crippen LogP) is -0.0253. The van der Waals surface area contributed by atoms with Crippen LogP contribution in [0, 0.1) is 12.8 Å². The first-order valence-corrected chi connectivity index (χ1v) is 11.5. The summed E-state index contributed by atoms with van der Waals surface area (Å²) in [5.74, 6) is 0.392. The van der Waals surface area contributed by atoms with Gasteiger partial charge in [-0.2, -0.15) is 0 Å². The molecule has 0 bridgehead atoms. The maximum absolute atomic E-state index is 12.1. The Kier molecular flexibility index (Phi) is 4.77. The Labute approximate surface area is 151 Å². The molecule has 0 spiro atoms. The molecule has 5 N–H and O–H groups in total. The third-order valence-electron chi connectivity index (χ3n) is 4.57. The molecule has 2 aromatic heterocycles. The lowest BCUT2D eigenvalue weighted by Crippen LogP contribution is -2.36. The molecule has 1 aliphatic rings. The molecule has 0 radical (unpaired) electrons. The van der Waals surface area contributed by atoms with Gasteiger partial charge < -0.3 is 25.7 Å². The molecule has 0 amide bonds. The summed E-state index contributed by atoms with van der Waals surface area (Å²) in [6.45, 7) is 6.49. The topological polar surface area (TPSA) is 139 Å². The summed E-state index contributed by atoms with van der Waals surface area (Å²) in [5, 5.41) is 21.1. The molecule has 9 nitrogen and oxygen atoms in total. The number of fused-ring (bicyclic) bond motifs is 1. The van der Waals surface area contributed by atoms with Crippen LogP contribution in [0.2, 0.25) is 0 Å². The van der Waals surface area contributed by atoms with Crippen molar-refractivity contribution < 1.29 is 14.9 Å². The van der Waals surface area contributed by atoms with Crippen LogP contribution in [0.25, 0.3) is 11.2 Å². The first-order chi connectivity index (χ1) is 12.0. The monoisotopic (exact) mass is 383 g/mol. The van der Waals surface area contributed by atoms with Gasteiger partial charge in [0, 0.05) is 0 Å². The predicted molar refractivity (Wildman–Crippen MR) is 103 cm³/mol. The average Bonchev–Trinajstić information content (AvgIpc) is 2.96. The van der Waals surface area contributed by atoms with Gasteiger partial charge in [-0.3, -0.25) is 9.36 Å². The number of hydrogen-bond acceptors (Lipinski definition) is 7. The number of aliphatic hydroxyl groups is 2. The van der Waals surface area contributed by atoms with Crippen molar-refractivity contribution in [2.45, 2.75) is 38.4 Å². The van der Waals surface area contributed by atoms with Gasteiger partial charge >= 0.3 is 0 Å². The summed E-state index contributed by atoms with van der Waals surface area (Å²) in [6.07, 6.45) is 1.17. The normalized spacial score (nSPS) is 27.9. The van der Waals surface area contributed by atoms with E-state index in [2.05, 4.69) is 34.6 Å². The Morgan fingerprint density at radius 3 is 2.65 bits per heavy atom. The Morgan fingerprint density at radius 2 is 2.04 bits per heavy atom. The van der Waals surface area contributed by atoms with Crippen LogP contribution in [0.5, 0.6) is 0 Å². The number of rotatable bonds is 4. The van der Waals surface area contributed by atoms with Gasteiger partial charge in [0.15, 0.2) is 17.4 Å². The Balaban J connectivity index is 2.00. The SMILES string of the molecule is C=P(C)(C)CC(C)[C@H]1O[C@@H](n2c(N)nc3c(=O)[nH]c(C)nc32)[C@H](O)[C@@H]1O. The smallest absolute Gasteiger partial charge is 0.279 e. The van der Waals surface area contributed by atoms with E-state index in [4.69, 9.17) is 10.5 Å². The van der Waals surface area contributed by atoms with E-state index >= 15 is 0 Å². The van der Waals surface area contributed by atoms with Crippen LogP contribution < -0.4 is 11.3 Å². The molecule has 2 aromatic rings. The molecule has 1 unspecified atom stereocenters. The highest BCUT2D eigenvalue weighted by molar-refractivity contribution is 7.72. The summed E-state index contributed by atoms with van der Waals surface area (Å²) in [4.78, 5) is 23.0. The van der Waals surface area contributed by atoms with Crippen molar-refractivity contribution in [3.05, 3.63) is 16.2 Å². The van der Waals surface area contributed by atoms with Crippen molar-refractivity contribution in [2.75, 3.05) is 25.2 Å². The number of nitrogens with zero attached hydrogens (tertiary/aromatic N) is 3. The van der Waals surface area contributed by atoms with Gasteiger partial charge in [-0.25, -0.2) is 9.97 Å². The van der Waals surface area contributed by atoms with Crippen molar-refractivity contribution >= 4 is 30.3 Å². The molecule has 1 saturated heterocycles. The minimum atomic E-state index is -1.34. The van der Waals surface area contributed by atoms with Crippen LogP contribution in [0.3, 0.4) is 0 Å². The molecule has 144 valence electrons. The number of aromatic nitrogens is 4. The second kappa shape index (κ2) is 6.49. The van der Waals surface area contributed by atoms with Crippen LogP contribution in [0.15, 0.2) is 4.79 Å². The molecule has 0 aromatic carbocycles. The van der Waals surface area contributed by atoms with Gasteiger partial charge in [0.05, 0.1) is 6.10 Å². The zero-order valence-electron chi connectivity index (χ0n) is 15.4. The van der Waals surface area contributed by atoms with Crippen LogP contribution in [0.4, 0.5) is 5.95 Å². The Hall–Kier alpha value is -1.67. The summed E-state index contributed by atoms with van der Waals surface area (Å²) < 4.78 is 7.37. The maximum atomic E-state index is 12.1. The van der Waals surface area contributed by atoms with E-state index in [9.17, 15) is 15.0 Å². The fraction of sp³-hybridized carbons (Fsp3) is 0.625. The summed E-state index contributed by atoms with van der Waals surface area (Å²) in [6, 6.07) is 0. The number of nitrogens with one attached hydrogen (secondary N) is 1. The summed E-state index contributed by atoms with van der Waals surface area (Å²) in [7, 11) is 0. The molecule has 3 heterocycles. The van der Waals surface area contributed by atoms with E-state index in [0.717, 1.165) is 6.16 Å². The molecule has 1 aliphatic heterocycles. The highest BCUT2D eigenvalue weighted by Crippen LogP contribution is 2.42. The van der Waals surface area contributed by atoms with Crippen LogP contribution in [-0.4, -0.2) is 73.8 Å². The number of aryl methyl sites for hydroxylation is 1. The molecule has 10 heteroatoms. The average molecular weight is 383 g/mol. The molecule has 5 atom stereocenters. The molecule has 0 aliphatic carbocycles. The number of anilines is 1. The highest BCUT2D eigenvalue weighted by Gasteiger charge is 2.47. The van der Waals surface area contributed by atoms with Gasteiger partial charge in [-0.1, -0.05) is 6.92 Å². The lowest BCUT2D eigenvalue weighted by Gasteiger charge is -2.26. The van der Waals surface area contributed by atoms with E-state index in [0.29, 0.717) is 5.82 Å². The fourth-order valence-corrected chi connectivity index (χ4v) is 5.38. The van der Waals surface area contributed by atoms with E-state index in [1.165, 1.54) is 4.57 Å². The standard InChI is InChI=1S/C16H26N5O4P/c1-7(6-26(3,4)5)12-10(22)11(23)15(25-12)21-13-9(20-16(21)17)14(24)19-8(2)18-13/h7,10-12,15,22-23H,3,6H2,1-2,4-5H3,(H2,17,20)(H,18,19,24)/t7?,10-,11+,12+,15+/m0/s1. The van der Waals surface area contributed by atoms with E-state index in [1.54, 1.807) is 6.92 Å². The zero-order valence-corrected chi connectivity index (χ0v) is 16.3. The second-order valence-corrected chi connectivity index (χ2v) is 12.0. The van der Waals surface area contributed by atoms with Gasteiger partial charge in [0.2, 0.25) is 5.95 Å². The maximum Gasteiger partial charge on any atom is 0.279 e. The highest BCUT2D eigenvalue weighted by atomic mass is 31.2. The van der Waals surface area contributed by atoms with E-state index < -0.39 is 37.0 Å². The largest absolute Gasteiger partial charge is 0.388 e. The van der Waals surface area contributed by atoms with E-state index in [-0.39, 0.29) is 23.0 Å². The Morgan fingerprint density at radius 1 is 1.38 bits per heavy atom. The number of aliphatic hydroxyl groups excluding tert-OH is 2. The minimum Gasteiger partial charge on any atom is -0.388 e. The third-order valence-corrected chi connectivity index (χ3v) is 6.13. The number of nitrogen functional groups attached to an aromatic ring is 1. The number of nitrogens with two attached hydrogens (primary N) is 1. The van der Waals surface area contributed by atoms with E-state index in [1.807, 2.05) is 6.92 Å². The van der Waals surface area contributed by atoms with Crippen molar-refractivity contribution in [3.8, 4) is 0 Å². The molecular weight excluding hydrogens is 357 g/mol. The molecule has 0 saturated carbocycles. The number of ether oxygens (including phenoxy) is 1. The van der Waals surface area contributed by atoms with Crippen LogP contribution in [0.1, 0.15) is 19.0 Å². The first kappa shape index (κ1) is 19.1. The molecule has 1 fully saturated rings. The van der Waals surface area contributed by atoms with Crippen LogP contribution >= 0.6 is 6.89 Å². The number of H-pyrrole nitrogens is 1.